The molecule has 0 aliphatic carbocycles. The van der Waals surface area contributed by atoms with Crippen LogP contribution in [0.5, 0.6) is 0 Å². The molecule has 6 heteroatoms. The van der Waals surface area contributed by atoms with E-state index in [9.17, 15) is 4.79 Å². The Morgan fingerprint density at radius 1 is 1.24 bits per heavy atom. The van der Waals surface area contributed by atoms with E-state index < -0.39 is 0 Å². The molecule has 0 unspecified atom stereocenters. The molecule has 0 atom stereocenters. The summed E-state index contributed by atoms with van der Waals surface area (Å²) in [5.41, 5.74) is 2.48. The first-order chi connectivity index (χ1) is 9.95. The van der Waals surface area contributed by atoms with Crippen molar-refractivity contribution in [2.24, 2.45) is 0 Å². The van der Waals surface area contributed by atoms with E-state index in [1.165, 1.54) is 12.4 Å². The second-order valence-electron chi connectivity index (χ2n) is 5.03. The zero-order valence-electron chi connectivity index (χ0n) is 12.1. The SMILES string of the molecule is Cc1ccc(Nc2ncc(C(=O)NC(C)C)cn2)c(Br)c1. The maximum absolute atomic E-state index is 11.8. The molecule has 1 aromatic carbocycles. The number of amides is 1. The van der Waals surface area contributed by atoms with Gasteiger partial charge in [0, 0.05) is 22.9 Å². The van der Waals surface area contributed by atoms with Gasteiger partial charge in [0.2, 0.25) is 5.95 Å². The van der Waals surface area contributed by atoms with Gasteiger partial charge in [0.25, 0.3) is 5.91 Å². The molecule has 1 amide bonds. The van der Waals surface area contributed by atoms with E-state index in [2.05, 4.69) is 36.5 Å². The number of aromatic nitrogens is 2. The van der Waals surface area contributed by atoms with E-state index in [0.29, 0.717) is 11.5 Å². The van der Waals surface area contributed by atoms with Gasteiger partial charge < -0.3 is 10.6 Å². The van der Waals surface area contributed by atoms with Crippen LogP contribution in [0.25, 0.3) is 0 Å². The van der Waals surface area contributed by atoms with Gasteiger partial charge in [-0.25, -0.2) is 9.97 Å². The number of benzene rings is 1. The molecule has 0 saturated heterocycles. The van der Waals surface area contributed by atoms with E-state index in [0.717, 1.165) is 15.7 Å². The summed E-state index contributed by atoms with van der Waals surface area (Å²) in [4.78, 5) is 20.1. The van der Waals surface area contributed by atoms with Gasteiger partial charge in [-0.1, -0.05) is 6.07 Å². The molecule has 0 bridgehead atoms. The molecule has 1 heterocycles. The zero-order valence-corrected chi connectivity index (χ0v) is 13.7. The Labute approximate surface area is 132 Å². The molecular weight excluding hydrogens is 332 g/mol. The number of nitrogens with one attached hydrogen (secondary N) is 2. The minimum absolute atomic E-state index is 0.0822. The molecule has 0 aliphatic heterocycles. The van der Waals surface area contributed by atoms with Gasteiger partial charge in [-0.2, -0.15) is 0 Å². The Morgan fingerprint density at radius 3 is 2.48 bits per heavy atom. The van der Waals surface area contributed by atoms with E-state index in [4.69, 9.17) is 0 Å². The molecule has 1 aromatic heterocycles. The molecule has 0 saturated carbocycles. The molecule has 21 heavy (non-hydrogen) atoms. The third kappa shape index (κ3) is 4.26. The molecular formula is C15H17BrN4O. The number of carbonyl (C=O) groups excluding carboxylic acids is 1. The molecule has 110 valence electrons. The van der Waals surface area contributed by atoms with Gasteiger partial charge in [0.15, 0.2) is 0 Å². The smallest absolute Gasteiger partial charge is 0.254 e. The summed E-state index contributed by atoms with van der Waals surface area (Å²) in [6.45, 7) is 5.83. The lowest BCUT2D eigenvalue weighted by molar-refractivity contribution is 0.0942. The number of halogens is 1. The highest BCUT2D eigenvalue weighted by atomic mass is 79.9. The number of aryl methyl sites for hydroxylation is 1. The molecule has 2 aromatic rings. The maximum atomic E-state index is 11.8. The summed E-state index contributed by atoms with van der Waals surface area (Å²) in [5, 5.41) is 5.90. The van der Waals surface area contributed by atoms with Crippen molar-refractivity contribution in [1.82, 2.24) is 15.3 Å². The first-order valence-corrected chi connectivity index (χ1v) is 7.41. The van der Waals surface area contributed by atoms with Gasteiger partial charge in [0.1, 0.15) is 0 Å². The highest BCUT2D eigenvalue weighted by Gasteiger charge is 2.09. The second-order valence-corrected chi connectivity index (χ2v) is 5.89. The average Bonchev–Trinajstić information content (AvgIpc) is 2.42. The normalized spacial score (nSPS) is 10.5. The highest BCUT2D eigenvalue weighted by Crippen LogP contribution is 2.25. The summed E-state index contributed by atoms with van der Waals surface area (Å²) in [7, 11) is 0. The summed E-state index contributed by atoms with van der Waals surface area (Å²) in [5.74, 6) is 0.272. The molecule has 0 aliphatic rings. The second kappa shape index (κ2) is 6.67. The van der Waals surface area contributed by atoms with E-state index in [1.807, 2.05) is 39.0 Å². The van der Waals surface area contributed by atoms with Crippen LogP contribution in [0.1, 0.15) is 29.8 Å². The van der Waals surface area contributed by atoms with Gasteiger partial charge in [-0.3, -0.25) is 4.79 Å². The van der Waals surface area contributed by atoms with Gasteiger partial charge in [-0.05, 0) is 54.4 Å². The van der Waals surface area contributed by atoms with E-state index in [-0.39, 0.29) is 11.9 Å². The number of anilines is 2. The molecule has 0 radical (unpaired) electrons. The fourth-order valence-electron chi connectivity index (χ4n) is 1.70. The predicted molar refractivity (Wildman–Crippen MR) is 86.8 cm³/mol. The van der Waals surface area contributed by atoms with Gasteiger partial charge >= 0.3 is 0 Å². The molecule has 2 rings (SSSR count). The Bertz CT molecular complexity index is 641. The standard InChI is InChI=1S/C15H17BrN4O/c1-9(2)19-14(21)11-7-17-15(18-8-11)20-13-5-4-10(3)6-12(13)16/h4-9H,1-3H3,(H,19,21)(H,17,18,20). The van der Waals surface area contributed by atoms with Crippen molar-refractivity contribution in [1.29, 1.82) is 0 Å². The number of rotatable bonds is 4. The summed E-state index contributed by atoms with van der Waals surface area (Å²) in [6.07, 6.45) is 3.02. The summed E-state index contributed by atoms with van der Waals surface area (Å²) < 4.78 is 0.938. The minimum Gasteiger partial charge on any atom is -0.350 e. The quantitative estimate of drug-likeness (QED) is 0.888. The van der Waals surface area contributed by atoms with Crippen LogP contribution >= 0.6 is 15.9 Å². The average molecular weight is 349 g/mol. The van der Waals surface area contributed by atoms with E-state index in [1.54, 1.807) is 0 Å². The molecule has 0 spiro atoms. The van der Waals surface area contributed by atoms with Gasteiger partial charge in [0.05, 0.1) is 11.3 Å². The largest absolute Gasteiger partial charge is 0.350 e. The number of hydrogen-bond acceptors (Lipinski definition) is 4. The third-order valence-corrected chi connectivity index (χ3v) is 3.36. The van der Waals surface area contributed by atoms with Crippen molar-refractivity contribution in [2.45, 2.75) is 26.8 Å². The van der Waals surface area contributed by atoms with Crippen LogP contribution in [-0.4, -0.2) is 21.9 Å². The van der Waals surface area contributed by atoms with Crippen molar-refractivity contribution in [3.8, 4) is 0 Å². The van der Waals surface area contributed by atoms with Crippen molar-refractivity contribution in [3.63, 3.8) is 0 Å². The summed E-state index contributed by atoms with van der Waals surface area (Å²) >= 11 is 3.49. The van der Waals surface area contributed by atoms with Crippen LogP contribution in [-0.2, 0) is 0 Å². The summed E-state index contributed by atoms with van der Waals surface area (Å²) in [6, 6.07) is 6.03. The number of nitrogens with zero attached hydrogens (tertiary/aromatic N) is 2. The number of hydrogen-bond donors (Lipinski definition) is 2. The topological polar surface area (TPSA) is 66.9 Å². The van der Waals surface area contributed by atoms with Crippen LogP contribution in [0.2, 0.25) is 0 Å². The predicted octanol–water partition coefficient (Wildman–Crippen LogP) is 3.43. The monoisotopic (exact) mass is 348 g/mol. The molecule has 5 nitrogen and oxygen atoms in total. The van der Waals surface area contributed by atoms with Crippen molar-refractivity contribution in [3.05, 3.63) is 46.2 Å². The van der Waals surface area contributed by atoms with Crippen LogP contribution in [0.15, 0.2) is 35.1 Å². The fraction of sp³-hybridized carbons (Fsp3) is 0.267. The van der Waals surface area contributed by atoms with E-state index >= 15 is 0 Å². The highest BCUT2D eigenvalue weighted by molar-refractivity contribution is 9.10. The van der Waals surface area contributed by atoms with Crippen LogP contribution < -0.4 is 10.6 Å². The van der Waals surface area contributed by atoms with Crippen LogP contribution in [0, 0.1) is 6.92 Å². The van der Waals surface area contributed by atoms with Crippen LogP contribution in [0.3, 0.4) is 0 Å². The van der Waals surface area contributed by atoms with Gasteiger partial charge in [-0.15, -0.1) is 0 Å². The first kappa shape index (κ1) is 15.4. The molecule has 2 N–H and O–H groups in total. The Morgan fingerprint density at radius 2 is 1.90 bits per heavy atom. The maximum Gasteiger partial charge on any atom is 0.254 e. The Balaban J connectivity index is 2.10. The molecule has 0 fully saturated rings. The third-order valence-electron chi connectivity index (χ3n) is 2.70. The lowest BCUT2D eigenvalue weighted by Gasteiger charge is -2.09. The Hall–Kier alpha value is -1.95. The van der Waals surface area contributed by atoms with Crippen molar-refractivity contribution in [2.75, 3.05) is 5.32 Å². The minimum atomic E-state index is -0.173. The lowest BCUT2D eigenvalue weighted by Crippen LogP contribution is -2.30. The first-order valence-electron chi connectivity index (χ1n) is 6.62. The fourth-order valence-corrected chi connectivity index (χ4v) is 2.29. The van der Waals surface area contributed by atoms with Crippen molar-refractivity contribution >= 4 is 33.5 Å². The lowest BCUT2D eigenvalue weighted by atomic mass is 10.2. The number of carbonyl (C=O) groups is 1. The van der Waals surface area contributed by atoms with Crippen molar-refractivity contribution < 1.29 is 4.79 Å². The Kier molecular flexibility index (Phi) is 4.90. The van der Waals surface area contributed by atoms with Crippen LogP contribution in [0.4, 0.5) is 11.6 Å². The zero-order chi connectivity index (χ0) is 15.4.